The molecule has 0 aliphatic carbocycles. The van der Waals surface area contributed by atoms with E-state index in [-0.39, 0.29) is 10.7 Å². The number of hydrogen-bond donors (Lipinski definition) is 1. The Balaban J connectivity index is 1.94. The standard InChI is InChI=1S/C16H13N5O2S/c1-12-6-8-18-16(10-12)21-15(7-9-19-21)20-24(22,23)14-4-2-13(11-17)3-5-14/h2-10,20H,1H3. The Labute approximate surface area is 139 Å². The van der Waals surface area contributed by atoms with Gasteiger partial charge in [0, 0.05) is 12.3 Å². The lowest BCUT2D eigenvalue weighted by atomic mass is 10.2. The highest BCUT2D eigenvalue weighted by atomic mass is 32.2. The summed E-state index contributed by atoms with van der Waals surface area (Å²) in [6.07, 6.45) is 3.12. The van der Waals surface area contributed by atoms with Gasteiger partial charge in [-0.3, -0.25) is 4.72 Å². The SMILES string of the molecule is Cc1ccnc(-n2nccc2NS(=O)(=O)c2ccc(C#N)cc2)c1. The minimum Gasteiger partial charge on any atom is -0.263 e. The number of anilines is 1. The van der Waals surface area contributed by atoms with Crippen LogP contribution in [-0.4, -0.2) is 23.2 Å². The van der Waals surface area contributed by atoms with Gasteiger partial charge in [-0.1, -0.05) is 0 Å². The maximum Gasteiger partial charge on any atom is 0.263 e. The van der Waals surface area contributed by atoms with E-state index in [1.54, 1.807) is 18.3 Å². The fraction of sp³-hybridized carbons (Fsp3) is 0.0625. The molecule has 0 aliphatic rings. The Hall–Kier alpha value is -3.18. The van der Waals surface area contributed by atoms with Crippen molar-refractivity contribution in [3.63, 3.8) is 0 Å². The number of nitriles is 1. The van der Waals surface area contributed by atoms with Crippen molar-refractivity contribution in [3.05, 3.63) is 66.0 Å². The van der Waals surface area contributed by atoms with Gasteiger partial charge in [-0.2, -0.15) is 15.0 Å². The largest absolute Gasteiger partial charge is 0.263 e. The number of pyridine rings is 1. The number of sulfonamides is 1. The van der Waals surface area contributed by atoms with Gasteiger partial charge in [0.2, 0.25) is 0 Å². The van der Waals surface area contributed by atoms with Crippen molar-refractivity contribution >= 4 is 15.8 Å². The molecule has 1 N–H and O–H groups in total. The summed E-state index contributed by atoms with van der Waals surface area (Å²) < 4.78 is 28.9. The molecule has 0 saturated carbocycles. The molecule has 3 aromatic rings. The zero-order chi connectivity index (χ0) is 17.2. The van der Waals surface area contributed by atoms with E-state index in [0.717, 1.165) is 5.56 Å². The molecule has 1 aromatic carbocycles. The van der Waals surface area contributed by atoms with E-state index in [1.807, 2.05) is 19.1 Å². The van der Waals surface area contributed by atoms with E-state index in [0.29, 0.717) is 11.4 Å². The molecule has 0 saturated heterocycles. The zero-order valence-electron chi connectivity index (χ0n) is 12.7. The van der Waals surface area contributed by atoms with Gasteiger partial charge in [-0.15, -0.1) is 0 Å². The molecule has 0 unspecified atom stereocenters. The average molecular weight is 339 g/mol. The van der Waals surface area contributed by atoms with Crippen LogP contribution in [0.4, 0.5) is 5.82 Å². The second-order valence-corrected chi connectivity index (χ2v) is 6.74. The van der Waals surface area contributed by atoms with Crippen LogP contribution in [0.25, 0.3) is 5.82 Å². The van der Waals surface area contributed by atoms with Crippen LogP contribution in [0, 0.1) is 18.3 Å². The smallest absolute Gasteiger partial charge is 0.263 e. The summed E-state index contributed by atoms with van der Waals surface area (Å²) in [4.78, 5) is 4.26. The third kappa shape index (κ3) is 3.11. The first-order valence-electron chi connectivity index (χ1n) is 7.00. The van der Waals surface area contributed by atoms with Crippen LogP contribution in [0.1, 0.15) is 11.1 Å². The number of rotatable bonds is 4. The van der Waals surface area contributed by atoms with Gasteiger partial charge in [-0.25, -0.2) is 13.4 Å². The molecule has 0 radical (unpaired) electrons. The van der Waals surface area contributed by atoms with Crippen molar-refractivity contribution in [2.45, 2.75) is 11.8 Å². The van der Waals surface area contributed by atoms with Crippen LogP contribution in [0.5, 0.6) is 0 Å². The molecule has 0 fully saturated rings. The Morgan fingerprint density at radius 3 is 2.54 bits per heavy atom. The Morgan fingerprint density at radius 1 is 1.12 bits per heavy atom. The van der Waals surface area contributed by atoms with Gasteiger partial charge in [0.15, 0.2) is 5.82 Å². The van der Waals surface area contributed by atoms with Crippen molar-refractivity contribution in [3.8, 4) is 11.9 Å². The van der Waals surface area contributed by atoms with Crippen molar-refractivity contribution in [1.82, 2.24) is 14.8 Å². The van der Waals surface area contributed by atoms with Crippen molar-refractivity contribution in [1.29, 1.82) is 5.26 Å². The highest BCUT2D eigenvalue weighted by Gasteiger charge is 2.17. The molecular weight excluding hydrogens is 326 g/mol. The van der Waals surface area contributed by atoms with Crippen LogP contribution >= 0.6 is 0 Å². The van der Waals surface area contributed by atoms with E-state index in [4.69, 9.17) is 5.26 Å². The van der Waals surface area contributed by atoms with Gasteiger partial charge < -0.3 is 0 Å². The second kappa shape index (κ2) is 6.14. The molecule has 3 rings (SSSR count). The summed E-state index contributed by atoms with van der Waals surface area (Å²) in [6, 6.07) is 12.8. The molecule has 0 amide bonds. The lowest BCUT2D eigenvalue weighted by Gasteiger charge is -2.10. The minimum atomic E-state index is -3.80. The monoisotopic (exact) mass is 339 g/mol. The number of aryl methyl sites for hydroxylation is 1. The predicted molar refractivity (Wildman–Crippen MR) is 88.1 cm³/mol. The van der Waals surface area contributed by atoms with Crippen molar-refractivity contribution < 1.29 is 8.42 Å². The lowest BCUT2D eigenvalue weighted by Crippen LogP contribution is -2.16. The van der Waals surface area contributed by atoms with E-state index in [1.165, 1.54) is 35.1 Å². The summed E-state index contributed by atoms with van der Waals surface area (Å²) in [5, 5.41) is 12.9. The van der Waals surface area contributed by atoms with Gasteiger partial charge in [-0.05, 0) is 48.9 Å². The quantitative estimate of drug-likeness (QED) is 0.785. The summed E-state index contributed by atoms with van der Waals surface area (Å²) >= 11 is 0. The summed E-state index contributed by atoms with van der Waals surface area (Å²) in [7, 11) is -3.80. The molecule has 0 aliphatic heterocycles. The molecule has 120 valence electrons. The maximum absolute atomic E-state index is 12.5. The zero-order valence-corrected chi connectivity index (χ0v) is 13.5. The van der Waals surface area contributed by atoms with Gasteiger partial charge in [0.25, 0.3) is 10.0 Å². The second-order valence-electron chi connectivity index (χ2n) is 5.06. The maximum atomic E-state index is 12.5. The van der Waals surface area contributed by atoms with Gasteiger partial charge in [0.1, 0.15) is 5.82 Å². The highest BCUT2D eigenvalue weighted by Crippen LogP contribution is 2.19. The summed E-state index contributed by atoms with van der Waals surface area (Å²) in [5.41, 5.74) is 1.37. The molecule has 0 spiro atoms. The predicted octanol–water partition coefficient (Wildman–Crippen LogP) is 2.25. The highest BCUT2D eigenvalue weighted by molar-refractivity contribution is 7.92. The molecular formula is C16H13N5O2S. The van der Waals surface area contributed by atoms with Gasteiger partial charge >= 0.3 is 0 Å². The summed E-state index contributed by atoms with van der Waals surface area (Å²) in [5.74, 6) is 0.787. The van der Waals surface area contributed by atoms with E-state index in [2.05, 4.69) is 14.8 Å². The van der Waals surface area contributed by atoms with Crippen LogP contribution in [0.15, 0.2) is 59.8 Å². The van der Waals surface area contributed by atoms with Crippen molar-refractivity contribution in [2.75, 3.05) is 4.72 Å². The first-order chi connectivity index (χ1) is 11.5. The molecule has 0 atom stereocenters. The number of nitrogens with zero attached hydrogens (tertiary/aromatic N) is 4. The third-order valence-electron chi connectivity index (χ3n) is 3.29. The van der Waals surface area contributed by atoms with Crippen LogP contribution in [0.3, 0.4) is 0 Å². The van der Waals surface area contributed by atoms with E-state index >= 15 is 0 Å². The molecule has 8 heteroatoms. The minimum absolute atomic E-state index is 0.0615. The van der Waals surface area contributed by atoms with E-state index in [9.17, 15) is 8.42 Å². The molecule has 7 nitrogen and oxygen atoms in total. The van der Waals surface area contributed by atoms with Crippen LogP contribution in [-0.2, 0) is 10.0 Å². The first-order valence-corrected chi connectivity index (χ1v) is 8.48. The van der Waals surface area contributed by atoms with Gasteiger partial charge in [0.05, 0.1) is 22.7 Å². The first kappa shape index (κ1) is 15.7. The Bertz CT molecular complexity index is 1020. The molecule has 2 aromatic heterocycles. The number of hydrogen-bond acceptors (Lipinski definition) is 5. The Morgan fingerprint density at radius 2 is 1.88 bits per heavy atom. The van der Waals surface area contributed by atoms with Crippen molar-refractivity contribution in [2.24, 2.45) is 0 Å². The number of benzene rings is 1. The fourth-order valence-electron chi connectivity index (χ4n) is 2.10. The average Bonchev–Trinajstić information content (AvgIpc) is 3.02. The van der Waals surface area contributed by atoms with E-state index < -0.39 is 10.0 Å². The normalized spacial score (nSPS) is 11.0. The molecule has 2 heterocycles. The fourth-order valence-corrected chi connectivity index (χ4v) is 3.15. The number of nitrogens with one attached hydrogen (secondary N) is 1. The Kier molecular flexibility index (Phi) is 4.02. The van der Waals surface area contributed by atoms with Crippen LogP contribution in [0.2, 0.25) is 0 Å². The summed E-state index contributed by atoms with van der Waals surface area (Å²) in [6.45, 7) is 1.91. The topological polar surface area (TPSA) is 101 Å². The number of aromatic nitrogens is 3. The molecule has 0 bridgehead atoms. The third-order valence-corrected chi connectivity index (χ3v) is 4.66. The van der Waals surface area contributed by atoms with Crippen LogP contribution < -0.4 is 4.72 Å². The lowest BCUT2D eigenvalue weighted by molar-refractivity contribution is 0.600. The molecule has 24 heavy (non-hydrogen) atoms.